The van der Waals surface area contributed by atoms with Gasteiger partial charge in [0.15, 0.2) is 0 Å². The number of thioether (sulfide) groups is 2. The molecule has 0 saturated carbocycles. The second-order valence-electron chi connectivity index (χ2n) is 12.1. The van der Waals surface area contributed by atoms with Crippen LogP contribution in [0.3, 0.4) is 0 Å². The summed E-state index contributed by atoms with van der Waals surface area (Å²) < 4.78 is 0. The smallest absolute Gasteiger partial charge is 0.230 e. The number of carbonyl (C=O) groups is 2. The lowest BCUT2D eigenvalue weighted by molar-refractivity contribution is -0.120. The fourth-order valence-corrected chi connectivity index (χ4v) is 7.02. The van der Waals surface area contributed by atoms with Crippen LogP contribution in [0.4, 0.5) is 0 Å². The highest BCUT2D eigenvalue weighted by atomic mass is 32.2. The molecule has 0 aromatic rings. The minimum Gasteiger partial charge on any atom is -0.353 e. The fourth-order valence-electron chi connectivity index (χ4n) is 5.14. The molecule has 2 amide bonds. The first-order valence-corrected chi connectivity index (χ1v) is 20.9. The van der Waals surface area contributed by atoms with Crippen molar-refractivity contribution in [3.05, 3.63) is 0 Å². The zero-order chi connectivity index (χ0) is 30.8. The number of thiol groups is 1. The molecule has 0 fully saturated rings. The monoisotopic (exact) mass is 646 g/mol. The Morgan fingerprint density at radius 2 is 0.857 bits per heavy atom. The lowest BCUT2D eigenvalue weighted by Gasteiger charge is -2.17. The Balaban J connectivity index is 3.51. The average molecular weight is 647 g/mol. The Morgan fingerprint density at radius 1 is 0.524 bits per heavy atom. The summed E-state index contributed by atoms with van der Waals surface area (Å²) in [6.45, 7) is 5.00. The third-order valence-electron chi connectivity index (χ3n) is 7.88. The van der Waals surface area contributed by atoms with Crippen molar-refractivity contribution in [2.75, 3.05) is 35.3 Å². The van der Waals surface area contributed by atoms with Crippen molar-refractivity contribution >= 4 is 48.0 Å². The summed E-state index contributed by atoms with van der Waals surface area (Å²) in [5.74, 6) is 3.72. The summed E-state index contributed by atoms with van der Waals surface area (Å²) in [4.78, 5) is 24.5. The van der Waals surface area contributed by atoms with Crippen molar-refractivity contribution in [2.45, 2.75) is 174 Å². The Morgan fingerprint density at radius 3 is 1.21 bits per heavy atom. The lowest BCUT2D eigenvalue weighted by Crippen LogP contribution is -2.45. The molecule has 0 aliphatic heterocycles. The van der Waals surface area contributed by atoms with Gasteiger partial charge in [-0.05, 0) is 24.3 Å². The SMILES string of the molecule is CCCCCCCCCCCCCCSCC(=O)NCC(CS)NC(=O)CSCCCCCCCCCCCCCC. The van der Waals surface area contributed by atoms with Crippen LogP contribution in [0.1, 0.15) is 168 Å². The number of amides is 2. The van der Waals surface area contributed by atoms with Gasteiger partial charge < -0.3 is 10.6 Å². The molecule has 0 aliphatic carbocycles. The molecule has 0 spiro atoms. The van der Waals surface area contributed by atoms with Gasteiger partial charge in [-0.25, -0.2) is 0 Å². The van der Waals surface area contributed by atoms with Gasteiger partial charge in [0, 0.05) is 12.3 Å². The van der Waals surface area contributed by atoms with E-state index in [1.54, 1.807) is 23.5 Å². The molecule has 0 radical (unpaired) electrons. The molecule has 2 N–H and O–H groups in total. The summed E-state index contributed by atoms with van der Waals surface area (Å²) in [6.07, 6.45) is 32.6. The molecule has 0 rings (SSSR count). The topological polar surface area (TPSA) is 58.2 Å². The minimum absolute atomic E-state index is 0.0496. The molecular weight excluding hydrogens is 577 g/mol. The van der Waals surface area contributed by atoms with E-state index in [1.807, 2.05) is 0 Å². The maximum Gasteiger partial charge on any atom is 0.230 e. The van der Waals surface area contributed by atoms with Crippen molar-refractivity contribution in [3.8, 4) is 0 Å². The van der Waals surface area contributed by atoms with Gasteiger partial charge in [-0.3, -0.25) is 9.59 Å². The van der Waals surface area contributed by atoms with Crippen molar-refractivity contribution < 1.29 is 9.59 Å². The van der Waals surface area contributed by atoms with Crippen LogP contribution < -0.4 is 10.6 Å². The summed E-state index contributed by atoms with van der Waals surface area (Å²) in [7, 11) is 0. The maximum atomic E-state index is 12.3. The highest BCUT2D eigenvalue weighted by Crippen LogP contribution is 2.14. The van der Waals surface area contributed by atoms with E-state index in [4.69, 9.17) is 0 Å². The standard InChI is InChI=1S/C35H70N2O2S3/c1-3-5-7-9-11-13-15-17-19-21-23-25-27-41-31-34(38)36-29-33(30-40)37-35(39)32-42-28-26-24-22-20-18-16-14-12-10-8-6-4-2/h33,40H,3-32H2,1-2H3,(H,36,38)(H,37,39). The third kappa shape index (κ3) is 32.9. The largest absolute Gasteiger partial charge is 0.353 e. The molecule has 0 aliphatic rings. The molecule has 250 valence electrons. The summed E-state index contributed by atoms with van der Waals surface area (Å²) in [5.41, 5.74) is 0. The molecule has 0 aromatic heterocycles. The summed E-state index contributed by atoms with van der Waals surface area (Å²) >= 11 is 7.81. The second kappa shape index (κ2) is 35.5. The summed E-state index contributed by atoms with van der Waals surface area (Å²) in [6, 6.07) is -0.113. The number of carbonyl (C=O) groups excluding carboxylic acids is 2. The molecule has 1 unspecified atom stereocenters. The van der Waals surface area contributed by atoms with Gasteiger partial charge in [-0.1, -0.05) is 155 Å². The van der Waals surface area contributed by atoms with Crippen LogP contribution in [0.2, 0.25) is 0 Å². The Bertz CT molecular complexity index is 580. The van der Waals surface area contributed by atoms with Gasteiger partial charge in [-0.15, -0.1) is 0 Å². The van der Waals surface area contributed by atoms with E-state index >= 15 is 0 Å². The molecule has 4 nitrogen and oxygen atoms in total. The van der Waals surface area contributed by atoms with Crippen LogP contribution in [0.5, 0.6) is 0 Å². The van der Waals surface area contributed by atoms with Crippen molar-refractivity contribution in [3.63, 3.8) is 0 Å². The molecule has 0 saturated heterocycles. The molecule has 1 atom stereocenters. The Hall–Kier alpha value is -0.0100. The van der Waals surface area contributed by atoms with Crippen LogP contribution in [0, 0.1) is 0 Å². The van der Waals surface area contributed by atoms with Gasteiger partial charge in [0.05, 0.1) is 17.5 Å². The first-order valence-electron chi connectivity index (χ1n) is 18.0. The Kier molecular flexibility index (Phi) is 35.5. The molecule has 7 heteroatoms. The average Bonchev–Trinajstić information content (AvgIpc) is 2.99. The zero-order valence-corrected chi connectivity index (χ0v) is 30.4. The van der Waals surface area contributed by atoms with Crippen LogP contribution in [0.15, 0.2) is 0 Å². The first-order chi connectivity index (χ1) is 20.6. The highest BCUT2D eigenvalue weighted by molar-refractivity contribution is 8.00. The minimum atomic E-state index is -0.113. The van der Waals surface area contributed by atoms with Crippen molar-refractivity contribution in [2.24, 2.45) is 0 Å². The molecule has 42 heavy (non-hydrogen) atoms. The van der Waals surface area contributed by atoms with E-state index in [0.717, 1.165) is 11.5 Å². The quantitative estimate of drug-likeness (QED) is 0.0481. The normalized spacial score (nSPS) is 12.0. The number of hydrogen-bond acceptors (Lipinski definition) is 5. The van der Waals surface area contributed by atoms with E-state index in [1.165, 1.54) is 154 Å². The van der Waals surface area contributed by atoms with Gasteiger partial charge in [0.25, 0.3) is 0 Å². The van der Waals surface area contributed by atoms with Gasteiger partial charge in [0.2, 0.25) is 11.8 Å². The number of rotatable bonds is 34. The van der Waals surface area contributed by atoms with Crippen molar-refractivity contribution in [1.29, 1.82) is 0 Å². The maximum absolute atomic E-state index is 12.3. The van der Waals surface area contributed by atoms with E-state index in [-0.39, 0.29) is 17.9 Å². The van der Waals surface area contributed by atoms with Crippen LogP contribution >= 0.6 is 36.2 Å². The van der Waals surface area contributed by atoms with Crippen LogP contribution in [-0.4, -0.2) is 53.2 Å². The molecule has 0 aromatic carbocycles. The zero-order valence-electron chi connectivity index (χ0n) is 27.9. The third-order valence-corrected chi connectivity index (χ3v) is 10.4. The van der Waals surface area contributed by atoms with E-state index < -0.39 is 0 Å². The predicted molar refractivity (Wildman–Crippen MR) is 196 cm³/mol. The lowest BCUT2D eigenvalue weighted by atomic mass is 10.1. The van der Waals surface area contributed by atoms with Crippen molar-refractivity contribution in [1.82, 2.24) is 10.6 Å². The highest BCUT2D eigenvalue weighted by Gasteiger charge is 2.12. The molecular formula is C35H70N2O2S3. The van der Waals surface area contributed by atoms with Gasteiger partial charge in [-0.2, -0.15) is 36.2 Å². The fraction of sp³-hybridized carbons (Fsp3) is 0.943. The van der Waals surface area contributed by atoms with Gasteiger partial charge in [0.1, 0.15) is 0 Å². The van der Waals surface area contributed by atoms with Gasteiger partial charge >= 0.3 is 0 Å². The Labute approximate surface area is 276 Å². The number of nitrogens with one attached hydrogen (secondary N) is 2. The predicted octanol–water partition coefficient (Wildman–Crippen LogP) is 10.4. The summed E-state index contributed by atoms with van der Waals surface area (Å²) in [5, 5.41) is 6.01. The van der Waals surface area contributed by atoms with Crippen LogP contribution in [0.25, 0.3) is 0 Å². The van der Waals surface area contributed by atoms with E-state index in [2.05, 4.69) is 37.1 Å². The van der Waals surface area contributed by atoms with E-state index in [0.29, 0.717) is 23.8 Å². The first kappa shape index (κ1) is 42.0. The van der Waals surface area contributed by atoms with E-state index in [9.17, 15) is 9.59 Å². The van der Waals surface area contributed by atoms with Crippen LogP contribution in [-0.2, 0) is 9.59 Å². The molecule has 0 heterocycles. The number of hydrogen-bond donors (Lipinski definition) is 3. The molecule has 0 bridgehead atoms. The second-order valence-corrected chi connectivity index (χ2v) is 14.7. The number of unbranched alkanes of at least 4 members (excludes halogenated alkanes) is 22.